The van der Waals surface area contributed by atoms with Crippen molar-refractivity contribution in [2.45, 2.75) is 26.2 Å². The lowest BCUT2D eigenvalue weighted by Crippen LogP contribution is -2.47. The van der Waals surface area contributed by atoms with Crippen molar-refractivity contribution in [3.8, 4) is 0 Å². The molecule has 5 heteroatoms. The minimum atomic E-state index is -0.0802. The lowest BCUT2D eigenvalue weighted by atomic mass is 9.96. The van der Waals surface area contributed by atoms with Gasteiger partial charge in [-0.05, 0) is 43.2 Å². The molecule has 2 heterocycles. The van der Waals surface area contributed by atoms with Gasteiger partial charge in [-0.1, -0.05) is 36.4 Å². The van der Waals surface area contributed by atoms with Gasteiger partial charge in [0.15, 0.2) is 0 Å². The summed E-state index contributed by atoms with van der Waals surface area (Å²) in [4.78, 5) is 30.1. The van der Waals surface area contributed by atoms with Crippen molar-refractivity contribution in [3.05, 3.63) is 58.3 Å². The first kappa shape index (κ1) is 18.6. The highest BCUT2D eigenvalue weighted by Crippen LogP contribution is 2.22. The predicted octanol–water partition coefficient (Wildman–Crippen LogP) is 3.69. The van der Waals surface area contributed by atoms with Crippen LogP contribution in [0.1, 0.15) is 35.0 Å². The van der Waals surface area contributed by atoms with E-state index >= 15 is 0 Å². The summed E-state index contributed by atoms with van der Waals surface area (Å²) in [5, 5.41) is 1.92. The zero-order chi connectivity index (χ0) is 18.4. The van der Waals surface area contributed by atoms with Gasteiger partial charge in [-0.25, -0.2) is 0 Å². The number of likely N-dealkylation sites (tertiary alicyclic amines) is 1. The van der Waals surface area contributed by atoms with Crippen molar-refractivity contribution in [1.82, 2.24) is 9.80 Å². The van der Waals surface area contributed by atoms with E-state index in [1.165, 1.54) is 16.9 Å². The molecule has 0 saturated carbocycles. The van der Waals surface area contributed by atoms with Crippen molar-refractivity contribution >= 4 is 23.2 Å². The van der Waals surface area contributed by atoms with Crippen LogP contribution in [0.3, 0.4) is 0 Å². The molecule has 1 atom stereocenters. The van der Waals surface area contributed by atoms with E-state index in [0.29, 0.717) is 13.1 Å². The zero-order valence-corrected chi connectivity index (χ0v) is 16.1. The van der Waals surface area contributed by atoms with Crippen LogP contribution in [0.2, 0.25) is 0 Å². The van der Waals surface area contributed by atoms with Crippen LogP contribution in [0.25, 0.3) is 0 Å². The molecule has 2 amide bonds. The monoisotopic (exact) mass is 370 g/mol. The number of carbonyl (C=O) groups is 2. The number of amides is 2. The third kappa shape index (κ3) is 4.52. The molecule has 0 spiro atoms. The van der Waals surface area contributed by atoms with E-state index in [1.54, 1.807) is 0 Å². The number of hydrogen-bond donors (Lipinski definition) is 0. The lowest BCUT2D eigenvalue weighted by Gasteiger charge is -2.34. The van der Waals surface area contributed by atoms with Crippen LogP contribution in [-0.2, 0) is 11.2 Å². The predicted molar refractivity (Wildman–Crippen MR) is 105 cm³/mol. The standard InChI is InChI=1S/C21H26N2O2S/c1-2-22(14-12-17-8-4-3-5-9-17)20(24)18-10-6-13-23(16-18)21(25)19-11-7-15-26-19/h3-5,7-9,11,15,18H,2,6,10,12-14,16H2,1H3. The number of rotatable bonds is 6. The summed E-state index contributed by atoms with van der Waals surface area (Å²) in [7, 11) is 0. The molecule has 0 N–H and O–H groups in total. The van der Waals surface area contributed by atoms with Crippen molar-refractivity contribution in [2.24, 2.45) is 5.92 Å². The zero-order valence-electron chi connectivity index (χ0n) is 15.3. The van der Waals surface area contributed by atoms with Crippen LogP contribution in [0, 0.1) is 5.92 Å². The molecule has 1 saturated heterocycles. The summed E-state index contributed by atoms with van der Waals surface area (Å²) < 4.78 is 0. The molecule has 0 radical (unpaired) electrons. The summed E-state index contributed by atoms with van der Waals surface area (Å²) in [6.07, 6.45) is 2.63. The van der Waals surface area contributed by atoms with E-state index in [4.69, 9.17) is 0 Å². The fourth-order valence-electron chi connectivity index (χ4n) is 3.51. The molecule has 1 fully saturated rings. The van der Waals surface area contributed by atoms with E-state index in [2.05, 4.69) is 12.1 Å². The van der Waals surface area contributed by atoms with Crippen molar-refractivity contribution in [1.29, 1.82) is 0 Å². The molecule has 4 nitrogen and oxygen atoms in total. The van der Waals surface area contributed by atoms with Crippen molar-refractivity contribution < 1.29 is 9.59 Å². The highest BCUT2D eigenvalue weighted by atomic mass is 32.1. The highest BCUT2D eigenvalue weighted by Gasteiger charge is 2.31. The molecule has 1 aromatic heterocycles. The van der Waals surface area contributed by atoms with Crippen molar-refractivity contribution in [2.75, 3.05) is 26.2 Å². The van der Waals surface area contributed by atoms with Crippen LogP contribution < -0.4 is 0 Å². The molecule has 26 heavy (non-hydrogen) atoms. The van der Waals surface area contributed by atoms with Gasteiger partial charge in [0, 0.05) is 26.2 Å². The summed E-state index contributed by atoms with van der Waals surface area (Å²) in [6.45, 7) is 4.75. The highest BCUT2D eigenvalue weighted by molar-refractivity contribution is 7.12. The first-order valence-electron chi connectivity index (χ1n) is 9.34. The largest absolute Gasteiger partial charge is 0.342 e. The summed E-state index contributed by atoms with van der Waals surface area (Å²) >= 11 is 1.46. The fraction of sp³-hybridized carbons (Fsp3) is 0.429. The van der Waals surface area contributed by atoms with Gasteiger partial charge < -0.3 is 9.80 Å². The smallest absolute Gasteiger partial charge is 0.263 e. The van der Waals surface area contributed by atoms with E-state index < -0.39 is 0 Å². The first-order chi connectivity index (χ1) is 12.7. The number of likely N-dealkylation sites (N-methyl/N-ethyl adjacent to an activating group) is 1. The molecule has 1 unspecified atom stereocenters. The van der Waals surface area contributed by atoms with Gasteiger partial charge in [-0.2, -0.15) is 0 Å². The Balaban J connectivity index is 1.59. The number of piperidine rings is 1. The number of nitrogens with zero attached hydrogens (tertiary/aromatic N) is 2. The van der Waals surface area contributed by atoms with Gasteiger partial charge in [0.05, 0.1) is 10.8 Å². The fourth-order valence-corrected chi connectivity index (χ4v) is 4.20. The molecular formula is C21H26N2O2S. The van der Waals surface area contributed by atoms with Crippen LogP contribution in [0.5, 0.6) is 0 Å². The molecule has 0 aliphatic carbocycles. The second-order valence-corrected chi connectivity index (χ2v) is 7.67. The van der Waals surface area contributed by atoms with Crippen LogP contribution >= 0.6 is 11.3 Å². The summed E-state index contributed by atoms with van der Waals surface area (Å²) in [5.41, 5.74) is 1.25. The molecule has 138 valence electrons. The molecule has 1 aromatic carbocycles. The second-order valence-electron chi connectivity index (χ2n) is 6.72. The van der Waals surface area contributed by atoms with E-state index in [9.17, 15) is 9.59 Å². The summed E-state index contributed by atoms with van der Waals surface area (Å²) in [5.74, 6) is 0.167. The van der Waals surface area contributed by atoms with Gasteiger partial charge in [0.25, 0.3) is 5.91 Å². The Morgan fingerprint density at radius 1 is 1.19 bits per heavy atom. The minimum Gasteiger partial charge on any atom is -0.342 e. The molecule has 2 aromatic rings. The number of hydrogen-bond acceptors (Lipinski definition) is 3. The Morgan fingerprint density at radius 3 is 2.69 bits per heavy atom. The Morgan fingerprint density at radius 2 is 2.00 bits per heavy atom. The van der Waals surface area contributed by atoms with Gasteiger partial charge >= 0.3 is 0 Å². The van der Waals surface area contributed by atoms with E-state index in [0.717, 1.165) is 37.2 Å². The van der Waals surface area contributed by atoms with Gasteiger partial charge in [-0.3, -0.25) is 9.59 Å². The third-order valence-electron chi connectivity index (χ3n) is 5.00. The van der Waals surface area contributed by atoms with Crippen molar-refractivity contribution in [3.63, 3.8) is 0 Å². The van der Waals surface area contributed by atoms with Crippen LogP contribution in [0.4, 0.5) is 0 Å². The lowest BCUT2D eigenvalue weighted by molar-refractivity contribution is -0.136. The van der Waals surface area contributed by atoms with Crippen LogP contribution in [-0.4, -0.2) is 47.8 Å². The van der Waals surface area contributed by atoms with E-state index in [-0.39, 0.29) is 17.7 Å². The van der Waals surface area contributed by atoms with Gasteiger partial charge in [-0.15, -0.1) is 11.3 Å². The Bertz CT molecular complexity index is 715. The molecule has 0 bridgehead atoms. The van der Waals surface area contributed by atoms with Gasteiger partial charge in [0.1, 0.15) is 0 Å². The third-order valence-corrected chi connectivity index (χ3v) is 5.85. The maximum atomic E-state index is 13.0. The van der Waals surface area contributed by atoms with Crippen LogP contribution in [0.15, 0.2) is 47.8 Å². The maximum absolute atomic E-state index is 13.0. The maximum Gasteiger partial charge on any atom is 0.263 e. The first-order valence-corrected chi connectivity index (χ1v) is 10.2. The van der Waals surface area contributed by atoms with E-state index in [1.807, 2.05) is 52.4 Å². The summed E-state index contributed by atoms with van der Waals surface area (Å²) in [6, 6.07) is 14.0. The molecule has 1 aliphatic heterocycles. The average molecular weight is 371 g/mol. The topological polar surface area (TPSA) is 40.6 Å². The number of carbonyl (C=O) groups excluding carboxylic acids is 2. The SMILES string of the molecule is CCN(CCc1ccccc1)C(=O)C1CCCN(C(=O)c2cccs2)C1. The number of thiophene rings is 1. The quantitative estimate of drug-likeness (QED) is 0.778. The average Bonchev–Trinajstić information content (AvgIpc) is 3.23. The molecular weight excluding hydrogens is 344 g/mol. The molecule has 1 aliphatic rings. The molecule has 3 rings (SSSR count). The van der Waals surface area contributed by atoms with Gasteiger partial charge in [0.2, 0.25) is 5.91 Å². The normalized spacial score (nSPS) is 17.1. The Kier molecular flexibility index (Phi) is 6.45. The Labute approximate surface area is 159 Å². The Hall–Kier alpha value is -2.14. The second kappa shape index (κ2) is 8.99. The number of benzene rings is 1. The minimum absolute atomic E-state index is 0.0600.